The number of carbonyl (C=O) groups is 3. The Morgan fingerprint density at radius 3 is 2.47 bits per heavy atom. The van der Waals surface area contributed by atoms with Gasteiger partial charge in [0.05, 0.1) is 19.7 Å². The van der Waals surface area contributed by atoms with Gasteiger partial charge in [-0.3, -0.25) is 14.4 Å². The fourth-order valence-electron chi connectivity index (χ4n) is 0.976. The largest absolute Gasteiger partial charge is 0.394 e. The molecule has 0 bridgehead atoms. The Morgan fingerprint density at radius 1 is 1.41 bits per heavy atom. The van der Waals surface area contributed by atoms with Gasteiger partial charge < -0.3 is 21.1 Å². The third-order valence-corrected chi connectivity index (χ3v) is 2.18. The number of nitrogens with two attached hydrogens (primary N) is 1. The highest BCUT2D eigenvalue weighted by Gasteiger charge is 2.15. The molecule has 2 amide bonds. The van der Waals surface area contributed by atoms with Crippen LogP contribution in [0.5, 0.6) is 0 Å². The lowest BCUT2D eigenvalue weighted by Gasteiger charge is -2.17. The standard InChI is InChI=1S/C10H19N3O4/c1-3-7(15)5-13(2)9(16)4-12-10(17)8(11)6-14/h8,14H,3-6,11H2,1-2H3,(H,12,17)/t8-/m1/s1. The Balaban J connectivity index is 4.01. The number of aliphatic hydroxyl groups is 1. The summed E-state index contributed by atoms with van der Waals surface area (Å²) in [6.07, 6.45) is 0.360. The van der Waals surface area contributed by atoms with Gasteiger partial charge in [-0.1, -0.05) is 6.92 Å². The van der Waals surface area contributed by atoms with E-state index in [2.05, 4.69) is 5.32 Å². The van der Waals surface area contributed by atoms with Crippen molar-refractivity contribution in [2.24, 2.45) is 5.73 Å². The first-order chi connectivity index (χ1) is 7.92. The summed E-state index contributed by atoms with van der Waals surface area (Å²) in [5, 5.41) is 10.9. The van der Waals surface area contributed by atoms with E-state index in [1.54, 1.807) is 6.92 Å². The predicted molar refractivity (Wildman–Crippen MR) is 61.0 cm³/mol. The van der Waals surface area contributed by atoms with Crippen LogP contribution in [0.3, 0.4) is 0 Å². The molecule has 0 aromatic carbocycles. The smallest absolute Gasteiger partial charge is 0.242 e. The third-order valence-electron chi connectivity index (χ3n) is 2.18. The molecule has 0 aromatic heterocycles. The monoisotopic (exact) mass is 245 g/mol. The minimum absolute atomic E-state index is 0.0251. The molecule has 0 heterocycles. The second-order valence-corrected chi connectivity index (χ2v) is 3.65. The van der Waals surface area contributed by atoms with Gasteiger partial charge in [0, 0.05) is 13.5 Å². The molecular weight excluding hydrogens is 226 g/mol. The van der Waals surface area contributed by atoms with E-state index >= 15 is 0 Å². The van der Waals surface area contributed by atoms with Crippen LogP contribution in [0, 0.1) is 0 Å². The Labute approximate surface area is 100.0 Å². The molecule has 0 spiro atoms. The normalized spacial score (nSPS) is 11.8. The maximum atomic E-state index is 11.5. The van der Waals surface area contributed by atoms with Crippen LogP contribution in [0.25, 0.3) is 0 Å². The molecule has 0 aliphatic heterocycles. The number of nitrogens with one attached hydrogen (secondary N) is 1. The summed E-state index contributed by atoms with van der Waals surface area (Å²) in [5.74, 6) is -1.04. The van der Waals surface area contributed by atoms with Gasteiger partial charge in [0.25, 0.3) is 0 Å². The lowest BCUT2D eigenvalue weighted by Crippen LogP contribution is -2.47. The van der Waals surface area contributed by atoms with Crippen molar-refractivity contribution in [1.29, 1.82) is 0 Å². The van der Waals surface area contributed by atoms with E-state index in [1.807, 2.05) is 0 Å². The summed E-state index contributed by atoms with van der Waals surface area (Å²) in [6, 6.07) is -1.04. The van der Waals surface area contributed by atoms with Gasteiger partial charge in [-0.15, -0.1) is 0 Å². The van der Waals surface area contributed by atoms with Crippen LogP contribution in [-0.4, -0.2) is 60.4 Å². The molecule has 4 N–H and O–H groups in total. The predicted octanol–water partition coefficient (Wildman–Crippen LogP) is -2.14. The quantitative estimate of drug-likeness (QED) is 0.474. The molecule has 98 valence electrons. The van der Waals surface area contributed by atoms with E-state index in [0.717, 1.165) is 0 Å². The van der Waals surface area contributed by atoms with Gasteiger partial charge in [-0.05, 0) is 0 Å². The number of likely N-dealkylation sites (N-methyl/N-ethyl adjacent to an activating group) is 1. The fraction of sp³-hybridized carbons (Fsp3) is 0.700. The number of rotatable bonds is 7. The fourth-order valence-corrected chi connectivity index (χ4v) is 0.976. The van der Waals surface area contributed by atoms with E-state index < -0.39 is 18.6 Å². The zero-order valence-electron chi connectivity index (χ0n) is 10.1. The number of hydrogen-bond acceptors (Lipinski definition) is 5. The Bertz CT molecular complexity index is 293. The van der Waals surface area contributed by atoms with Crippen LogP contribution in [0.2, 0.25) is 0 Å². The van der Waals surface area contributed by atoms with Gasteiger partial charge in [-0.25, -0.2) is 0 Å². The van der Waals surface area contributed by atoms with Gasteiger partial charge in [-0.2, -0.15) is 0 Å². The van der Waals surface area contributed by atoms with Crippen molar-refractivity contribution in [2.75, 3.05) is 26.7 Å². The summed E-state index contributed by atoms with van der Waals surface area (Å²) < 4.78 is 0. The summed E-state index contributed by atoms with van der Waals surface area (Å²) in [4.78, 5) is 34.9. The summed E-state index contributed by atoms with van der Waals surface area (Å²) in [6.45, 7) is 1.02. The molecule has 0 unspecified atom stereocenters. The zero-order chi connectivity index (χ0) is 13.4. The summed E-state index contributed by atoms with van der Waals surface area (Å²) >= 11 is 0. The van der Waals surface area contributed by atoms with E-state index in [0.29, 0.717) is 6.42 Å². The van der Waals surface area contributed by atoms with Crippen molar-refractivity contribution in [3.05, 3.63) is 0 Å². The molecule has 7 heteroatoms. The summed E-state index contributed by atoms with van der Waals surface area (Å²) in [5.41, 5.74) is 5.24. The molecule has 0 rings (SSSR count). The number of ketones is 1. The van der Waals surface area contributed by atoms with Crippen molar-refractivity contribution < 1.29 is 19.5 Å². The highest BCUT2D eigenvalue weighted by Crippen LogP contribution is 1.89. The Hall–Kier alpha value is -1.47. The molecule has 1 atom stereocenters. The molecular formula is C10H19N3O4. The summed E-state index contributed by atoms with van der Waals surface area (Å²) in [7, 11) is 1.48. The average Bonchev–Trinajstić information content (AvgIpc) is 2.33. The maximum absolute atomic E-state index is 11.5. The number of Topliss-reactive ketones (excluding diaryl/α,β-unsaturated/α-hetero) is 1. The SMILES string of the molecule is CCC(=O)CN(C)C(=O)CNC(=O)[C@H](N)CO. The van der Waals surface area contributed by atoms with Gasteiger partial charge in [0.1, 0.15) is 6.04 Å². The van der Waals surface area contributed by atoms with E-state index in [-0.39, 0.29) is 24.8 Å². The van der Waals surface area contributed by atoms with Crippen molar-refractivity contribution in [3.63, 3.8) is 0 Å². The molecule has 17 heavy (non-hydrogen) atoms. The highest BCUT2D eigenvalue weighted by molar-refractivity contribution is 5.89. The minimum Gasteiger partial charge on any atom is -0.394 e. The molecule has 0 radical (unpaired) electrons. The first kappa shape index (κ1) is 15.5. The van der Waals surface area contributed by atoms with Crippen molar-refractivity contribution in [1.82, 2.24) is 10.2 Å². The first-order valence-electron chi connectivity index (χ1n) is 5.32. The number of aliphatic hydroxyl groups excluding tert-OH is 1. The van der Waals surface area contributed by atoms with Crippen LogP contribution in [-0.2, 0) is 14.4 Å². The molecule has 0 fully saturated rings. The van der Waals surface area contributed by atoms with Gasteiger partial charge >= 0.3 is 0 Å². The van der Waals surface area contributed by atoms with Crippen LogP contribution in [0.15, 0.2) is 0 Å². The Morgan fingerprint density at radius 2 is 2.00 bits per heavy atom. The van der Waals surface area contributed by atoms with E-state index in [4.69, 9.17) is 10.8 Å². The van der Waals surface area contributed by atoms with Crippen LogP contribution >= 0.6 is 0 Å². The number of hydrogen-bond donors (Lipinski definition) is 3. The van der Waals surface area contributed by atoms with Gasteiger partial charge in [0.2, 0.25) is 11.8 Å². The number of carbonyl (C=O) groups excluding carboxylic acids is 3. The van der Waals surface area contributed by atoms with Crippen LogP contribution in [0.1, 0.15) is 13.3 Å². The van der Waals surface area contributed by atoms with Crippen molar-refractivity contribution in [2.45, 2.75) is 19.4 Å². The second kappa shape index (κ2) is 7.75. The topological polar surface area (TPSA) is 113 Å². The molecule has 0 aromatic rings. The lowest BCUT2D eigenvalue weighted by molar-refractivity contribution is -0.135. The van der Waals surface area contributed by atoms with Crippen LogP contribution < -0.4 is 11.1 Å². The van der Waals surface area contributed by atoms with Crippen molar-refractivity contribution >= 4 is 17.6 Å². The van der Waals surface area contributed by atoms with E-state index in [9.17, 15) is 14.4 Å². The molecule has 7 nitrogen and oxygen atoms in total. The molecule has 0 saturated carbocycles. The van der Waals surface area contributed by atoms with E-state index in [1.165, 1.54) is 11.9 Å². The lowest BCUT2D eigenvalue weighted by atomic mass is 10.3. The Kier molecular flexibility index (Phi) is 7.08. The first-order valence-corrected chi connectivity index (χ1v) is 5.32. The number of nitrogens with zero attached hydrogens (tertiary/aromatic N) is 1. The van der Waals surface area contributed by atoms with Gasteiger partial charge in [0.15, 0.2) is 5.78 Å². The molecule has 0 aliphatic rings. The van der Waals surface area contributed by atoms with Crippen molar-refractivity contribution in [3.8, 4) is 0 Å². The zero-order valence-corrected chi connectivity index (χ0v) is 10.1. The second-order valence-electron chi connectivity index (χ2n) is 3.65. The minimum atomic E-state index is -1.04. The third kappa shape index (κ3) is 5.98. The van der Waals surface area contributed by atoms with Crippen LogP contribution in [0.4, 0.5) is 0 Å². The maximum Gasteiger partial charge on any atom is 0.242 e. The molecule has 0 saturated heterocycles. The number of amides is 2. The molecule has 0 aliphatic carbocycles. The average molecular weight is 245 g/mol. The highest BCUT2D eigenvalue weighted by atomic mass is 16.3.